The molecule has 1 heterocycles. The highest BCUT2D eigenvalue weighted by molar-refractivity contribution is 5.96. The molecule has 0 aromatic heterocycles. The molecule has 0 spiro atoms. The van der Waals surface area contributed by atoms with Crippen molar-refractivity contribution in [3.63, 3.8) is 0 Å². The van der Waals surface area contributed by atoms with E-state index in [1.165, 1.54) is 0 Å². The third-order valence-corrected chi connectivity index (χ3v) is 3.66. The molecule has 0 aliphatic carbocycles. The van der Waals surface area contributed by atoms with Crippen molar-refractivity contribution in [1.82, 2.24) is 10.9 Å². The first kappa shape index (κ1) is 16.2. The van der Waals surface area contributed by atoms with E-state index in [1.807, 2.05) is 24.3 Å². The van der Waals surface area contributed by atoms with Gasteiger partial charge >= 0.3 is 5.97 Å². The second-order valence-corrected chi connectivity index (χ2v) is 5.30. The lowest BCUT2D eigenvalue weighted by Crippen LogP contribution is -2.46. The Balaban J connectivity index is 1.71. The molecular formula is C18H18N2O4. The van der Waals surface area contributed by atoms with Crippen molar-refractivity contribution in [3.8, 4) is 0 Å². The average Bonchev–Trinajstić information content (AvgIpc) is 2.62. The predicted molar refractivity (Wildman–Crippen MR) is 87.0 cm³/mol. The Kier molecular flexibility index (Phi) is 4.88. The number of hydrogen-bond acceptors (Lipinski definition) is 5. The van der Waals surface area contributed by atoms with E-state index in [0.29, 0.717) is 17.7 Å². The Bertz CT molecular complexity index is 760. The monoisotopic (exact) mass is 326 g/mol. The summed E-state index contributed by atoms with van der Waals surface area (Å²) >= 11 is 0. The molecule has 0 saturated carbocycles. The third-order valence-electron chi connectivity index (χ3n) is 3.66. The number of carbonyl (C=O) groups excluding carboxylic acids is 2. The number of esters is 1. The van der Waals surface area contributed by atoms with Gasteiger partial charge in [-0.2, -0.15) is 0 Å². The molecule has 0 fully saturated rings. The van der Waals surface area contributed by atoms with Gasteiger partial charge in [0.05, 0.1) is 18.8 Å². The number of benzene rings is 2. The van der Waals surface area contributed by atoms with E-state index >= 15 is 0 Å². The molecule has 24 heavy (non-hydrogen) atoms. The van der Waals surface area contributed by atoms with Gasteiger partial charge in [0.1, 0.15) is 0 Å². The van der Waals surface area contributed by atoms with Gasteiger partial charge in [0.15, 0.2) is 6.23 Å². The van der Waals surface area contributed by atoms with Crippen LogP contribution in [0.4, 0.5) is 0 Å². The molecule has 1 aliphatic heterocycles. The lowest BCUT2D eigenvalue weighted by Gasteiger charge is -2.26. The summed E-state index contributed by atoms with van der Waals surface area (Å²) in [6.07, 6.45) is -0.454. The van der Waals surface area contributed by atoms with Crippen molar-refractivity contribution < 1.29 is 19.1 Å². The zero-order valence-electron chi connectivity index (χ0n) is 13.2. The first-order chi connectivity index (χ1) is 11.7. The van der Waals surface area contributed by atoms with Crippen molar-refractivity contribution in [2.75, 3.05) is 6.61 Å². The van der Waals surface area contributed by atoms with E-state index in [-0.39, 0.29) is 18.5 Å². The van der Waals surface area contributed by atoms with E-state index in [1.54, 1.807) is 31.2 Å². The number of rotatable bonds is 5. The van der Waals surface area contributed by atoms with Gasteiger partial charge in [0.25, 0.3) is 5.91 Å². The van der Waals surface area contributed by atoms with Crippen LogP contribution in [0.1, 0.15) is 45.0 Å². The van der Waals surface area contributed by atoms with Gasteiger partial charge in [-0.05, 0) is 30.7 Å². The maximum absolute atomic E-state index is 11.8. The van der Waals surface area contributed by atoms with E-state index < -0.39 is 6.23 Å². The third kappa shape index (κ3) is 3.45. The molecule has 1 unspecified atom stereocenters. The van der Waals surface area contributed by atoms with Crippen LogP contribution >= 0.6 is 0 Å². The number of ether oxygens (including phenoxy) is 2. The minimum atomic E-state index is -0.454. The average molecular weight is 326 g/mol. The van der Waals surface area contributed by atoms with E-state index in [9.17, 15) is 9.59 Å². The molecule has 2 aromatic carbocycles. The fourth-order valence-corrected chi connectivity index (χ4v) is 2.52. The summed E-state index contributed by atoms with van der Waals surface area (Å²) < 4.78 is 10.9. The Morgan fingerprint density at radius 2 is 2.00 bits per heavy atom. The summed E-state index contributed by atoms with van der Waals surface area (Å²) in [6.45, 7) is 2.39. The van der Waals surface area contributed by atoms with Crippen molar-refractivity contribution >= 4 is 11.9 Å². The first-order valence-electron chi connectivity index (χ1n) is 7.71. The van der Waals surface area contributed by atoms with Crippen molar-refractivity contribution in [2.24, 2.45) is 0 Å². The molecule has 0 radical (unpaired) electrons. The fourth-order valence-electron chi connectivity index (χ4n) is 2.52. The largest absolute Gasteiger partial charge is 0.462 e. The van der Waals surface area contributed by atoms with Crippen LogP contribution in [0.5, 0.6) is 0 Å². The summed E-state index contributed by atoms with van der Waals surface area (Å²) in [5.74, 6) is -0.539. The maximum Gasteiger partial charge on any atom is 0.338 e. The number of carbonyl (C=O) groups is 2. The van der Waals surface area contributed by atoms with Crippen LogP contribution < -0.4 is 10.9 Å². The standard InChI is InChI=1S/C18H18N2O4/c1-2-23-18(22)13-7-5-6-12(10-13)11-24-17-15-9-4-3-8-14(15)16(21)19-20-17/h3-10,17,20H,2,11H2,1H3,(H,19,21). The Labute approximate surface area is 139 Å². The minimum Gasteiger partial charge on any atom is -0.462 e. The Morgan fingerprint density at radius 3 is 2.83 bits per heavy atom. The zero-order chi connectivity index (χ0) is 16.9. The molecule has 1 atom stereocenters. The van der Waals surface area contributed by atoms with Crippen LogP contribution in [0.15, 0.2) is 48.5 Å². The Hall–Kier alpha value is -2.70. The fraction of sp³-hybridized carbons (Fsp3) is 0.222. The summed E-state index contributed by atoms with van der Waals surface area (Å²) in [6, 6.07) is 14.4. The van der Waals surface area contributed by atoms with Crippen molar-refractivity contribution in [1.29, 1.82) is 0 Å². The van der Waals surface area contributed by atoms with Gasteiger partial charge in [-0.25, -0.2) is 10.2 Å². The summed E-state index contributed by atoms with van der Waals surface area (Å²) in [7, 11) is 0. The van der Waals surface area contributed by atoms with Gasteiger partial charge < -0.3 is 9.47 Å². The number of hydrogen-bond donors (Lipinski definition) is 2. The zero-order valence-corrected chi connectivity index (χ0v) is 13.2. The van der Waals surface area contributed by atoms with Gasteiger partial charge in [-0.3, -0.25) is 10.2 Å². The number of nitrogens with one attached hydrogen (secondary N) is 2. The van der Waals surface area contributed by atoms with Crippen LogP contribution in [-0.4, -0.2) is 18.5 Å². The van der Waals surface area contributed by atoms with E-state index in [0.717, 1.165) is 11.1 Å². The Morgan fingerprint density at radius 1 is 1.17 bits per heavy atom. The summed E-state index contributed by atoms with van der Waals surface area (Å²) in [5.41, 5.74) is 8.12. The number of fused-ring (bicyclic) bond motifs is 1. The minimum absolute atomic E-state index is 0.185. The second-order valence-electron chi connectivity index (χ2n) is 5.30. The molecule has 6 nitrogen and oxygen atoms in total. The lowest BCUT2D eigenvalue weighted by atomic mass is 10.0. The SMILES string of the molecule is CCOC(=O)c1cccc(COC2NNC(=O)c3ccccc32)c1. The molecule has 2 N–H and O–H groups in total. The topological polar surface area (TPSA) is 76.7 Å². The van der Waals surface area contributed by atoms with Crippen LogP contribution in [-0.2, 0) is 16.1 Å². The summed E-state index contributed by atoms with van der Waals surface area (Å²) in [5, 5.41) is 0. The van der Waals surface area contributed by atoms with Crippen LogP contribution in [0.2, 0.25) is 0 Å². The van der Waals surface area contributed by atoms with Crippen molar-refractivity contribution in [3.05, 3.63) is 70.8 Å². The van der Waals surface area contributed by atoms with Gasteiger partial charge in [0, 0.05) is 11.1 Å². The molecule has 3 rings (SSSR count). The molecule has 0 saturated heterocycles. The highest BCUT2D eigenvalue weighted by Gasteiger charge is 2.24. The van der Waals surface area contributed by atoms with E-state index in [2.05, 4.69) is 10.9 Å². The molecular weight excluding hydrogens is 308 g/mol. The quantitative estimate of drug-likeness (QED) is 0.825. The molecule has 6 heteroatoms. The van der Waals surface area contributed by atoms with Gasteiger partial charge in [-0.15, -0.1) is 0 Å². The molecule has 124 valence electrons. The molecule has 1 amide bonds. The van der Waals surface area contributed by atoms with Crippen LogP contribution in [0.3, 0.4) is 0 Å². The first-order valence-corrected chi connectivity index (χ1v) is 7.71. The predicted octanol–water partition coefficient (Wildman–Crippen LogP) is 2.33. The van der Waals surface area contributed by atoms with Crippen LogP contribution in [0, 0.1) is 0 Å². The van der Waals surface area contributed by atoms with Gasteiger partial charge in [0.2, 0.25) is 0 Å². The maximum atomic E-state index is 11.8. The highest BCUT2D eigenvalue weighted by Crippen LogP contribution is 2.23. The number of amides is 1. The molecule has 1 aliphatic rings. The van der Waals surface area contributed by atoms with E-state index in [4.69, 9.17) is 9.47 Å². The number of hydrazine groups is 1. The molecule has 2 aromatic rings. The van der Waals surface area contributed by atoms with Gasteiger partial charge in [-0.1, -0.05) is 30.3 Å². The highest BCUT2D eigenvalue weighted by atomic mass is 16.5. The molecule has 0 bridgehead atoms. The second kappa shape index (κ2) is 7.25. The smallest absolute Gasteiger partial charge is 0.338 e. The lowest BCUT2D eigenvalue weighted by molar-refractivity contribution is 0.00123. The normalized spacial score (nSPS) is 16.2. The summed E-state index contributed by atoms with van der Waals surface area (Å²) in [4.78, 5) is 23.6. The van der Waals surface area contributed by atoms with Crippen LogP contribution in [0.25, 0.3) is 0 Å². The van der Waals surface area contributed by atoms with Crippen molar-refractivity contribution in [2.45, 2.75) is 19.8 Å².